The molecule has 0 unspecified atom stereocenters. The molecule has 0 radical (unpaired) electrons. The van der Waals surface area contributed by atoms with Gasteiger partial charge in [0.2, 0.25) is 0 Å². The lowest BCUT2D eigenvalue weighted by Gasteiger charge is -2.17. The quantitative estimate of drug-likeness (QED) is 0.186. The van der Waals surface area contributed by atoms with Crippen LogP contribution in [0.5, 0.6) is 11.5 Å². The van der Waals surface area contributed by atoms with Gasteiger partial charge in [-0.15, -0.1) is 0 Å². The van der Waals surface area contributed by atoms with Crippen LogP contribution in [0.2, 0.25) is 6.04 Å². The standard InChI is InChI=1S/C20H19N3O2S3Si/c1-2-24-19-11-6-10-18(17-8-4-3-5-9-17)20(19)25-12-7-13-29(21-14-26,22-15-27)23-16-28/h3-6,8-11H,2,7,12-13H2,1H3. The number of hydrogen-bond donors (Lipinski definition) is 0. The monoisotopic (exact) mass is 457 g/mol. The Bertz CT molecular complexity index is 923. The fourth-order valence-electron chi connectivity index (χ4n) is 2.72. The second-order valence-corrected chi connectivity index (χ2v) is 9.03. The second kappa shape index (κ2) is 12.3. The van der Waals surface area contributed by atoms with E-state index in [-0.39, 0.29) is 0 Å². The molecule has 0 heterocycles. The minimum absolute atomic E-state index is 0.408. The van der Waals surface area contributed by atoms with Crippen LogP contribution < -0.4 is 9.47 Å². The van der Waals surface area contributed by atoms with E-state index in [2.05, 4.69) is 29.5 Å². The van der Waals surface area contributed by atoms with Crippen molar-refractivity contribution >= 4 is 60.7 Å². The number of rotatable bonds is 11. The van der Waals surface area contributed by atoms with E-state index in [4.69, 9.17) is 46.1 Å². The molecule has 0 saturated heterocycles. The van der Waals surface area contributed by atoms with Crippen LogP contribution in [0, 0.1) is 0 Å². The van der Waals surface area contributed by atoms with E-state index in [1.54, 1.807) is 0 Å². The van der Waals surface area contributed by atoms with Crippen LogP contribution in [0.3, 0.4) is 0 Å². The highest BCUT2D eigenvalue weighted by Crippen LogP contribution is 2.38. The van der Waals surface area contributed by atoms with Crippen LogP contribution in [-0.4, -0.2) is 37.3 Å². The zero-order valence-corrected chi connectivity index (χ0v) is 19.3. The number of thiocarbonyl (C=S) groups is 3. The van der Waals surface area contributed by atoms with Gasteiger partial charge in [-0.1, -0.05) is 42.5 Å². The SMILES string of the molecule is CCOc1cccc(-c2ccccc2)c1OCCC[Si](N=C=S)(N=C=S)N=C=S. The lowest BCUT2D eigenvalue weighted by molar-refractivity contribution is 0.277. The highest BCUT2D eigenvalue weighted by Gasteiger charge is 2.34. The van der Waals surface area contributed by atoms with E-state index < -0.39 is 8.56 Å². The van der Waals surface area contributed by atoms with Crippen LogP contribution in [0.1, 0.15) is 13.3 Å². The van der Waals surface area contributed by atoms with Crippen LogP contribution in [0.15, 0.2) is 62.5 Å². The van der Waals surface area contributed by atoms with Gasteiger partial charge >= 0.3 is 8.56 Å². The van der Waals surface area contributed by atoms with Gasteiger partial charge in [-0.2, -0.15) is 0 Å². The molecule has 148 valence electrons. The van der Waals surface area contributed by atoms with Crippen molar-refractivity contribution in [1.29, 1.82) is 0 Å². The Morgan fingerprint density at radius 3 is 2.10 bits per heavy atom. The van der Waals surface area contributed by atoms with Gasteiger partial charge in [0.25, 0.3) is 0 Å². The summed E-state index contributed by atoms with van der Waals surface area (Å²) in [6, 6.07) is 16.4. The number of hydrogen-bond acceptors (Lipinski definition) is 8. The highest BCUT2D eigenvalue weighted by molar-refractivity contribution is 7.78. The van der Waals surface area contributed by atoms with Gasteiger partial charge < -0.3 is 9.47 Å². The summed E-state index contributed by atoms with van der Waals surface area (Å²) in [5.41, 5.74) is 2.01. The number of para-hydroxylation sites is 1. The molecule has 29 heavy (non-hydrogen) atoms. The molecule has 0 aliphatic rings. The maximum absolute atomic E-state index is 6.14. The lowest BCUT2D eigenvalue weighted by atomic mass is 10.0. The molecule has 2 aromatic rings. The van der Waals surface area contributed by atoms with E-state index in [9.17, 15) is 0 Å². The van der Waals surface area contributed by atoms with Crippen LogP contribution in [0.25, 0.3) is 11.1 Å². The van der Waals surface area contributed by atoms with Crippen molar-refractivity contribution in [1.82, 2.24) is 0 Å². The van der Waals surface area contributed by atoms with Gasteiger partial charge in [0, 0.05) is 11.6 Å². The van der Waals surface area contributed by atoms with Crippen LogP contribution in [-0.2, 0) is 0 Å². The molecular weight excluding hydrogens is 439 g/mol. The molecule has 5 nitrogen and oxygen atoms in total. The van der Waals surface area contributed by atoms with Crippen molar-refractivity contribution in [3.05, 3.63) is 48.5 Å². The smallest absolute Gasteiger partial charge is 0.461 e. The third-order valence-electron chi connectivity index (χ3n) is 3.94. The van der Waals surface area contributed by atoms with Gasteiger partial charge in [0.1, 0.15) is 0 Å². The molecule has 0 aromatic heterocycles. The lowest BCUT2D eigenvalue weighted by Crippen LogP contribution is -2.28. The fraction of sp³-hybridized carbons (Fsp3) is 0.250. The van der Waals surface area contributed by atoms with Crippen LogP contribution in [0.4, 0.5) is 0 Å². The van der Waals surface area contributed by atoms with Gasteiger partial charge in [0.15, 0.2) is 11.5 Å². The van der Waals surface area contributed by atoms with Crippen molar-refractivity contribution in [3.8, 4) is 22.6 Å². The predicted molar refractivity (Wildman–Crippen MR) is 129 cm³/mol. The van der Waals surface area contributed by atoms with Crippen LogP contribution >= 0.6 is 36.7 Å². The van der Waals surface area contributed by atoms with E-state index in [1.165, 1.54) is 0 Å². The first-order valence-electron chi connectivity index (χ1n) is 8.90. The number of isothiocyanates is 3. The summed E-state index contributed by atoms with van der Waals surface area (Å²) in [6.07, 6.45) is 0.614. The summed E-state index contributed by atoms with van der Waals surface area (Å²) in [4.78, 5) is 0. The highest BCUT2D eigenvalue weighted by atomic mass is 32.1. The molecular formula is C20H19N3O2S3Si. The van der Waals surface area contributed by atoms with Crippen molar-refractivity contribution in [2.75, 3.05) is 13.2 Å². The van der Waals surface area contributed by atoms with E-state index in [1.807, 2.05) is 55.5 Å². The third kappa shape index (κ3) is 6.60. The number of ether oxygens (including phenoxy) is 2. The summed E-state index contributed by atoms with van der Waals surface area (Å²) in [6.45, 7) is 2.89. The summed E-state index contributed by atoms with van der Waals surface area (Å²) in [5.74, 6) is 1.39. The predicted octanol–water partition coefficient (Wildman–Crippen LogP) is 5.77. The average molecular weight is 458 g/mol. The van der Waals surface area contributed by atoms with Gasteiger partial charge in [-0.25, -0.2) is 14.0 Å². The summed E-state index contributed by atoms with van der Waals surface area (Å²) >= 11 is 14.2. The van der Waals surface area contributed by atoms with E-state index >= 15 is 0 Å². The van der Waals surface area contributed by atoms with Gasteiger partial charge in [-0.05, 0) is 61.6 Å². The summed E-state index contributed by atoms with van der Waals surface area (Å²) < 4.78 is 24.3. The van der Waals surface area contributed by atoms with E-state index in [0.29, 0.717) is 37.2 Å². The topological polar surface area (TPSA) is 55.5 Å². The molecule has 0 saturated carbocycles. The molecule has 0 amide bonds. The molecule has 0 spiro atoms. The molecule has 0 aliphatic heterocycles. The average Bonchev–Trinajstić information content (AvgIpc) is 2.73. The first kappa shape index (κ1) is 22.9. The molecule has 0 N–H and O–H groups in total. The van der Waals surface area contributed by atoms with Crippen molar-refractivity contribution in [2.45, 2.75) is 19.4 Å². The Kier molecular flexibility index (Phi) is 9.71. The first-order chi connectivity index (χ1) is 14.2. The molecule has 9 heteroatoms. The molecule has 2 rings (SSSR count). The fourth-order valence-corrected chi connectivity index (χ4v) is 5.58. The minimum atomic E-state index is -2.92. The molecule has 0 atom stereocenters. The molecule has 2 aromatic carbocycles. The zero-order chi connectivity index (χ0) is 21.0. The minimum Gasteiger partial charge on any atom is -0.490 e. The molecule has 0 fully saturated rings. The summed E-state index contributed by atoms with van der Waals surface area (Å²) in [7, 11) is -2.92. The molecule has 0 aliphatic carbocycles. The number of benzene rings is 2. The molecule has 0 bridgehead atoms. The van der Waals surface area contributed by atoms with Gasteiger partial charge in [-0.3, -0.25) is 0 Å². The van der Waals surface area contributed by atoms with Crippen molar-refractivity contribution in [3.63, 3.8) is 0 Å². The first-order valence-corrected chi connectivity index (χ1v) is 12.2. The normalized spacial score (nSPS) is 11.8. The van der Waals surface area contributed by atoms with Gasteiger partial charge in [0.05, 0.1) is 28.7 Å². The maximum Gasteiger partial charge on any atom is 0.461 e. The summed E-state index contributed by atoms with van der Waals surface area (Å²) in [5, 5.41) is 7.03. The van der Waals surface area contributed by atoms with E-state index in [0.717, 1.165) is 11.1 Å². The largest absolute Gasteiger partial charge is 0.490 e. The Balaban J connectivity index is 2.22. The van der Waals surface area contributed by atoms with Crippen molar-refractivity contribution in [2.24, 2.45) is 14.0 Å². The number of nitrogens with zero attached hydrogens (tertiary/aromatic N) is 3. The zero-order valence-electron chi connectivity index (χ0n) is 15.8. The Labute approximate surface area is 187 Å². The van der Waals surface area contributed by atoms with Crippen molar-refractivity contribution < 1.29 is 9.47 Å². The Hall–Kier alpha value is -2.34. The third-order valence-corrected chi connectivity index (χ3v) is 7.13. The Morgan fingerprint density at radius 1 is 0.862 bits per heavy atom. The second-order valence-electron chi connectivity index (χ2n) is 5.77. The Morgan fingerprint density at radius 2 is 1.52 bits per heavy atom. The maximum atomic E-state index is 6.14.